The Kier molecular flexibility index (Phi) is 6.01. The summed E-state index contributed by atoms with van der Waals surface area (Å²) in [6.07, 6.45) is 3.83. The van der Waals surface area contributed by atoms with Crippen molar-refractivity contribution < 1.29 is 28.3 Å². The van der Waals surface area contributed by atoms with Gasteiger partial charge in [-0.3, -0.25) is 9.59 Å². The number of anilines is 2. The number of hydrogen-bond acceptors (Lipinski definition) is 4. The molecule has 0 aromatic heterocycles. The smallest absolute Gasteiger partial charge is 0.257 e. The van der Waals surface area contributed by atoms with Gasteiger partial charge in [0.1, 0.15) is 11.6 Å². The van der Waals surface area contributed by atoms with Crippen LogP contribution in [0.25, 0.3) is 0 Å². The number of allylic oxidation sites excluding steroid dienone is 2. The van der Waals surface area contributed by atoms with E-state index in [4.69, 9.17) is 0 Å². The highest BCUT2D eigenvalue weighted by Gasteiger charge is 2.30. The number of benzene rings is 2. The van der Waals surface area contributed by atoms with Gasteiger partial charge < -0.3 is 20.5 Å². The maximum atomic E-state index is 13.8. The van der Waals surface area contributed by atoms with Crippen molar-refractivity contribution in [2.75, 3.05) is 10.6 Å². The molecule has 2 amide bonds. The minimum atomic E-state index is -1.31. The fraction of sp³-hybridized carbons (Fsp3) is 0.190. The van der Waals surface area contributed by atoms with Gasteiger partial charge in [0, 0.05) is 18.0 Å². The van der Waals surface area contributed by atoms with Gasteiger partial charge >= 0.3 is 0 Å². The fourth-order valence-corrected chi connectivity index (χ4v) is 3.16. The first-order valence-corrected chi connectivity index (χ1v) is 8.89. The van der Waals surface area contributed by atoms with Crippen LogP contribution in [-0.2, 0) is 9.59 Å². The van der Waals surface area contributed by atoms with E-state index in [1.165, 1.54) is 12.1 Å². The van der Waals surface area contributed by atoms with E-state index in [0.29, 0.717) is 6.07 Å². The number of carboxylic acid groups (broad SMARTS) is 1. The van der Waals surface area contributed by atoms with Crippen molar-refractivity contribution in [3.05, 3.63) is 71.8 Å². The van der Waals surface area contributed by atoms with Gasteiger partial charge in [0.25, 0.3) is 5.91 Å². The number of carbonyl (C=O) groups is 3. The molecule has 3 rings (SSSR count). The maximum absolute atomic E-state index is 13.8. The third-order valence-electron chi connectivity index (χ3n) is 4.68. The summed E-state index contributed by atoms with van der Waals surface area (Å²) in [6, 6.07) is 8.76. The highest BCUT2D eigenvalue weighted by molar-refractivity contribution is 6.10. The number of carboxylic acids is 1. The molecule has 2 aromatic carbocycles. The second kappa shape index (κ2) is 8.64. The van der Waals surface area contributed by atoms with Crippen molar-refractivity contribution >= 4 is 29.2 Å². The Labute approximate surface area is 165 Å². The molecule has 6 nitrogen and oxygen atoms in total. The molecule has 0 fully saturated rings. The molecule has 2 N–H and O–H groups in total. The third-order valence-corrected chi connectivity index (χ3v) is 4.68. The topological polar surface area (TPSA) is 98.3 Å². The first-order chi connectivity index (χ1) is 13.9. The molecule has 1 aliphatic carbocycles. The summed E-state index contributed by atoms with van der Waals surface area (Å²) in [5.74, 6) is -6.11. The summed E-state index contributed by atoms with van der Waals surface area (Å²) >= 11 is 0. The Balaban J connectivity index is 1.79. The quantitative estimate of drug-likeness (QED) is 0.755. The molecule has 0 aliphatic heterocycles. The molecule has 0 saturated heterocycles. The highest BCUT2D eigenvalue weighted by atomic mass is 19.1. The summed E-state index contributed by atoms with van der Waals surface area (Å²) in [5, 5.41) is 16.2. The molecule has 150 valence electrons. The predicted octanol–water partition coefficient (Wildman–Crippen LogP) is 2.49. The Morgan fingerprint density at radius 2 is 1.59 bits per heavy atom. The number of halogens is 2. The highest BCUT2D eigenvalue weighted by Crippen LogP contribution is 2.27. The van der Waals surface area contributed by atoms with Crippen LogP contribution >= 0.6 is 0 Å². The van der Waals surface area contributed by atoms with E-state index in [2.05, 4.69) is 10.6 Å². The Bertz CT molecular complexity index is 990. The lowest BCUT2D eigenvalue weighted by Gasteiger charge is -2.28. The molecule has 29 heavy (non-hydrogen) atoms. The zero-order valence-electron chi connectivity index (χ0n) is 15.2. The van der Waals surface area contributed by atoms with Crippen LogP contribution < -0.4 is 15.7 Å². The van der Waals surface area contributed by atoms with Gasteiger partial charge in [0.2, 0.25) is 5.91 Å². The van der Waals surface area contributed by atoms with Crippen molar-refractivity contribution in [3.63, 3.8) is 0 Å². The van der Waals surface area contributed by atoms with Crippen LogP contribution in [0.5, 0.6) is 0 Å². The zero-order valence-corrected chi connectivity index (χ0v) is 15.2. The Morgan fingerprint density at radius 3 is 2.28 bits per heavy atom. The number of para-hydroxylation sites is 1. The van der Waals surface area contributed by atoms with Gasteiger partial charge in [-0.05, 0) is 37.1 Å². The van der Waals surface area contributed by atoms with Crippen LogP contribution in [0, 0.1) is 23.5 Å². The lowest BCUT2D eigenvalue weighted by Crippen LogP contribution is -2.41. The van der Waals surface area contributed by atoms with Gasteiger partial charge in [0.15, 0.2) is 0 Å². The van der Waals surface area contributed by atoms with Crippen LogP contribution in [0.2, 0.25) is 0 Å². The Hall–Kier alpha value is -3.55. The monoisotopic (exact) mass is 399 g/mol. The van der Waals surface area contributed by atoms with Crippen LogP contribution in [0.1, 0.15) is 23.2 Å². The van der Waals surface area contributed by atoms with Crippen LogP contribution in [0.15, 0.2) is 54.6 Å². The summed E-state index contributed by atoms with van der Waals surface area (Å²) in [4.78, 5) is 36.5. The van der Waals surface area contributed by atoms with Crippen molar-refractivity contribution in [1.82, 2.24) is 0 Å². The van der Waals surface area contributed by atoms with E-state index in [0.717, 1.165) is 12.1 Å². The zero-order chi connectivity index (χ0) is 21.0. The lowest BCUT2D eigenvalue weighted by atomic mass is 9.82. The normalized spacial score (nSPS) is 18.1. The molecule has 0 saturated carbocycles. The molecule has 0 unspecified atom stereocenters. The van der Waals surface area contributed by atoms with Gasteiger partial charge in [0.05, 0.1) is 22.9 Å². The molecule has 2 atom stereocenters. The van der Waals surface area contributed by atoms with Crippen molar-refractivity contribution in [2.24, 2.45) is 11.8 Å². The lowest BCUT2D eigenvalue weighted by molar-refractivity contribution is -0.313. The van der Waals surface area contributed by atoms with Crippen LogP contribution in [-0.4, -0.2) is 17.8 Å². The standard InChI is InChI=1S/C21H18F2N2O4/c22-12-9-10-18(16(23)11-12)25-20(27)15-7-3-4-8-17(15)24-19(26)13-5-1-2-6-14(13)21(28)29/h1-4,7-11,13-14H,5-6H2,(H,24,26)(H,25,27)(H,28,29)/p-1/t13-,14-/m0/s1. The van der Waals surface area contributed by atoms with E-state index in [9.17, 15) is 28.3 Å². The number of hydrogen-bond donors (Lipinski definition) is 2. The first-order valence-electron chi connectivity index (χ1n) is 8.89. The molecule has 0 radical (unpaired) electrons. The second-order valence-corrected chi connectivity index (χ2v) is 6.59. The van der Waals surface area contributed by atoms with Gasteiger partial charge in [-0.1, -0.05) is 24.3 Å². The molecule has 1 aliphatic rings. The molecular formula is C21H17F2N2O4-. The molecule has 2 aromatic rings. The van der Waals surface area contributed by atoms with E-state index in [1.807, 2.05) is 0 Å². The van der Waals surface area contributed by atoms with Gasteiger partial charge in [-0.15, -0.1) is 0 Å². The average Bonchev–Trinajstić information content (AvgIpc) is 2.70. The SMILES string of the molecule is O=C(Nc1ccc(F)cc1F)c1ccccc1NC(=O)[C@H]1CC=CC[C@@H]1C(=O)[O-]. The Morgan fingerprint density at radius 1 is 0.897 bits per heavy atom. The molecule has 8 heteroatoms. The fourth-order valence-electron chi connectivity index (χ4n) is 3.16. The van der Waals surface area contributed by atoms with E-state index in [1.54, 1.807) is 24.3 Å². The summed E-state index contributed by atoms with van der Waals surface area (Å²) in [6.45, 7) is 0. The minimum absolute atomic E-state index is 0.0425. The van der Waals surface area contributed by atoms with Crippen LogP contribution in [0.4, 0.5) is 20.2 Å². The maximum Gasteiger partial charge on any atom is 0.257 e. The molecule has 0 spiro atoms. The summed E-state index contributed by atoms with van der Waals surface area (Å²) in [5.41, 5.74) is -0.0305. The summed E-state index contributed by atoms with van der Waals surface area (Å²) < 4.78 is 26.8. The first kappa shape index (κ1) is 20.2. The second-order valence-electron chi connectivity index (χ2n) is 6.59. The van der Waals surface area contributed by atoms with Crippen molar-refractivity contribution in [1.29, 1.82) is 0 Å². The number of carbonyl (C=O) groups excluding carboxylic acids is 3. The molecular weight excluding hydrogens is 382 g/mol. The van der Waals surface area contributed by atoms with E-state index >= 15 is 0 Å². The van der Waals surface area contributed by atoms with Crippen molar-refractivity contribution in [3.8, 4) is 0 Å². The largest absolute Gasteiger partial charge is 0.550 e. The molecule has 0 heterocycles. The van der Waals surface area contributed by atoms with Crippen molar-refractivity contribution in [2.45, 2.75) is 12.8 Å². The van der Waals surface area contributed by atoms with Gasteiger partial charge in [-0.2, -0.15) is 0 Å². The average molecular weight is 399 g/mol. The predicted molar refractivity (Wildman–Crippen MR) is 99.7 cm³/mol. The third kappa shape index (κ3) is 4.66. The number of rotatable bonds is 5. The number of amides is 2. The molecule has 0 bridgehead atoms. The summed E-state index contributed by atoms with van der Waals surface area (Å²) in [7, 11) is 0. The number of nitrogens with one attached hydrogen (secondary N) is 2. The van der Waals surface area contributed by atoms with Gasteiger partial charge in [-0.25, -0.2) is 8.78 Å². The number of aliphatic carboxylic acids is 1. The van der Waals surface area contributed by atoms with Crippen LogP contribution in [0.3, 0.4) is 0 Å². The minimum Gasteiger partial charge on any atom is -0.550 e. The van der Waals surface area contributed by atoms with E-state index < -0.39 is 41.3 Å². The van der Waals surface area contributed by atoms with E-state index in [-0.39, 0.29) is 29.8 Å².